The summed E-state index contributed by atoms with van der Waals surface area (Å²) in [4.78, 5) is 13.8. The summed E-state index contributed by atoms with van der Waals surface area (Å²) in [6.45, 7) is 5.32. The minimum absolute atomic E-state index is 0.0666. The first-order valence-electron chi connectivity index (χ1n) is 8.59. The number of ether oxygens (including phenoxy) is 2. The quantitative estimate of drug-likeness (QED) is 0.409. The van der Waals surface area contributed by atoms with Crippen LogP contribution >= 0.6 is 0 Å². The lowest BCUT2D eigenvalue weighted by molar-refractivity contribution is -0.397. The number of aryl methyl sites for hydroxylation is 1. The van der Waals surface area contributed by atoms with E-state index in [4.69, 9.17) is 14.0 Å². The van der Waals surface area contributed by atoms with E-state index >= 15 is 0 Å². The van der Waals surface area contributed by atoms with E-state index in [1.165, 1.54) is 29.1 Å². The molecule has 0 radical (unpaired) electrons. The number of hydrogen-bond acceptors (Lipinski definition) is 8. The van der Waals surface area contributed by atoms with Crippen molar-refractivity contribution in [3.05, 3.63) is 52.3 Å². The van der Waals surface area contributed by atoms with Gasteiger partial charge in [0, 0.05) is 0 Å². The lowest BCUT2D eigenvalue weighted by Crippen LogP contribution is -2.30. The van der Waals surface area contributed by atoms with Crippen molar-refractivity contribution in [2.24, 2.45) is 0 Å². The summed E-state index contributed by atoms with van der Waals surface area (Å²) in [5.74, 6) is -1.05. The lowest BCUT2D eigenvalue weighted by Gasteiger charge is -2.16. The van der Waals surface area contributed by atoms with E-state index < -0.39 is 33.0 Å². The standard InChI is InChI=1S/C10H15N3O5.C7H8O3S/c1-10(2)17-7(8(6-14)18-10)5-12-4-3-11-9(12)13(15)16;1-6-2-4-7(5-3-6)11(8,9)10/h3-4,7-8,14H,5-6H2,1-2H3;2-5H,1H3,(H,8,9,10)/t7-,8-;/m1./s1. The van der Waals surface area contributed by atoms with Crippen LogP contribution in [0.1, 0.15) is 19.4 Å². The van der Waals surface area contributed by atoms with Crippen LogP contribution in [0.15, 0.2) is 41.6 Å². The molecule has 1 aliphatic heterocycles. The Labute approximate surface area is 167 Å². The maximum Gasteiger partial charge on any atom is 0.434 e. The molecule has 11 nitrogen and oxygen atoms in total. The van der Waals surface area contributed by atoms with Gasteiger partial charge in [0.15, 0.2) is 5.79 Å². The van der Waals surface area contributed by atoms with Gasteiger partial charge in [0.2, 0.25) is 0 Å². The average Bonchev–Trinajstić information content (AvgIpc) is 3.19. The predicted octanol–water partition coefficient (Wildman–Crippen LogP) is 1.55. The van der Waals surface area contributed by atoms with Crippen molar-refractivity contribution in [2.45, 2.75) is 50.2 Å². The van der Waals surface area contributed by atoms with Crippen LogP contribution in [0.3, 0.4) is 0 Å². The molecular weight excluding hydrogens is 406 g/mol. The van der Waals surface area contributed by atoms with E-state index in [1.54, 1.807) is 26.0 Å². The van der Waals surface area contributed by atoms with E-state index in [-0.39, 0.29) is 24.0 Å². The summed E-state index contributed by atoms with van der Waals surface area (Å²) in [7, 11) is -4.02. The Hall–Kier alpha value is -2.38. The van der Waals surface area contributed by atoms with Crippen molar-refractivity contribution >= 4 is 16.1 Å². The van der Waals surface area contributed by atoms with Crippen molar-refractivity contribution in [1.82, 2.24) is 9.55 Å². The molecule has 0 saturated carbocycles. The van der Waals surface area contributed by atoms with Crippen LogP contribution in [-0.2, 0) is 26.1 Å². The number of aliphatic hydroxyl groups excluding tert-OH is 1. The van der Waals surface area contributed by atoms with Gasteiger partial charge in [-0.2, -0.15) is 8.42 Å². The molecule has 2 heterocycles. The van der Waals surface area contributed by atoms with Crippen molar-refractivity contribution in [1.29, 1.82) is 0 Å². The molecule has 1 aromatic heterocycles. The highest BCUT2D eigenvalue weighted by Gasteiger charge is 2.42. The molecule has 1 aromatic carbocycles. The Morgan fingerprint density at radius 2 is 1.83 bits per heavy atom. The minimum atomic E-state index is -4.02. The Morgan fingerprint density at radius 1 is 1.24 bits per heavy atom. The van der Waals surface area contributed by atoms with Crippen LogP contribution in [0, 0.1) is 17.0 Å². The van der Waals surface area contributed by atoms with Gasteiger partial charge in [0.25, 0.3) is 10.1 Å². The molecule has 0 bridgehead atoms. The predicted molar refractivity (Wildman–Crippen MR) is 101 cm³/mol. The second-order valence-corrected chi connectivity index (χ2v) is 8.24. The first-order chi connectivity index (χ1) is 13.4. The van der Waals surface area contributed by atoms with E-state index in [2.05, 4.69) is 4.98 Å². The maximum atomic E-state index is 10.7. The number of imidazole rings is 1. The summed E-state index contributed by atoms with van der Waals surface area (Å²) < 4.78 is 42.0. The lowest BCUT2D eigenvalue weighted by atomic mass is 10.2. The number of nitro groups is 1. The molecule has 0 amide bonds. The molecule has 0 spiro atoms. The molecule has 12 heteroatoms. The molecule has 1 saturated heterocycles. The number of nitrogens with zero attached hydrogens (tertiary/aromatic N) is 3. The third-order valence-corrected chi connectivity index (χ3v) is 4.89. The van der Waals surface area contributed by atoms with Gasteiger partial charge >= 0.3 is 5.95 Å². The smallest absolute Gasteiger partial charge is 0.394 e. The summed E-state index contributed by atoms with van der Waals surface area (Å²) in [6.07, 6.45) is 1.91. The first-order valence-corrected chi connectivity index (χ1v) is 10.0. The zero-order chi connectivity index (χ0) is 21.8. The van der Waals surface area contributed by atoms with Gasteiger partial charge in [-0.05, 0) is 37.8 Å². The largest absolute Gasteiger partial charge is 0.434 e. The molecular formula is C17H23N3O8S. The minimum Gasteiger partial charge on any atom is -0.394 e. The van der Waals surface area contributed by atoms with Gasteiger partial charge in [-0.15, -0.1) is 0 Å². The van der Waals surface area contributed by atoms with Crippen LogP contribution in [0.2, 0.25) is 0 Å². The molecule has 1 aliphatic rings. The van der Waals surface area contributed by atoms with Crippen LogP contribution in [0.5, 0.6) is 0 Å². The van der Waals surface area contributed by atoms with Crippen LogP contribution in [0.25, 0.3) is 0 Å². The highest BCUT2D eigenvalue weighted by molar-refractivity contribution is 7.85. The maximum absolute atomic E-state index is 10.7. The highest BCUT2D eigenvalue weighted by atomic mass is 32.2. The van der Waals surface area contributed by atoms with Gasteiger partial charge < -0.3 is 24.7 Å². The third kappa shape index (κ3) is 6.30. The van der Waals surface area contributed by atoms with Crippen LogP contribution in [-0.4, -0.2) is 57.2 Å². The molecule has 0 aliphatic carbocycles. The fourth-order valence-corrected chi connectivity index (χ4v) is 3.22. The monoisotopic (exact) mass is 429 g/mol. The fourth-order valence-electron chi connectivity index (χ4n) is 2.74. The molecule has 29 heavy (non-hydrogen) atoms. The highest BCUT2D eigenvalue weighted by Crippen LogP contribution is 2.29. The fraction of sp³-hybridized carbons (Fsp3) is 0.471. The third-order valence-electron chi connectivity index (χ3n) is 4.02. The van der Waals surface area contributed by atoms with Gasteiger partial charge in [-0.25, -0.2) is 4.57 Å². The van der Waals surface area contributed by atoms with E-state index in [0.717, 1.165) is 5.56 Å². The molecule has 3 rings (SSSR count). The molecule has 0 unspecified atom stereocenters. The van der Waals surface area contributed by atoms with E-state index in [9.17, 15) is 23.6 Å². The summed E-state index contributed by atoms with van der Waals surface area (Å²) in [5.41, 5.74) is 0.956. The van der Waals surface area contributed by atoms with Crippen molar-refractivity contribution in [2.75, 3.05) is 6.61 Å². The van der Waals surface area contributed by atoms with Crippen molar-refractivity contribution in [3.8, 4) is 0 Å². The molecule has 1 fully saturated rings. The number of hydrogen-bond donors (Lipinski definition) is 2. The Kier molecular flexibility index (Phi) is 7.08. The molecule has 2 atom stereocenters. The Bertz CT molecular complexity index is 940. The molecule has 160 valence electrons. The normalized spacial score (nSPS) is 20.7. The van der Waals surface area contributed by atoms with Gasteiger partial charge in [-0.3, -0.25) is 4.55 Å². The second-order valence-electron chi connectivity index (χ2n) is 6.82. The van der Waals surface area contributed by atoms with E-state index in [0.29, 0.717) is 0 Å². The number of rotatable bonds is 5. The van der Waals surface area contributed by atoms with E-state index in [1.807, 2.05) is 6.92 Å². The van der Waals surface area contributed by atoms with Gasteiger partial charge in [-0.1, -0.05) is 22.7 Å². The molecule has 2 N–H and O–H groups in total. The van der Waals surface area contributed by atoms with Crippen molar-refractivity contribution in [3.63, 3.8) is 0 Å². The number of aromatic nitrogens is 2. The Balaban J connectivity index is 0.000000234. The second kappa shape index (κ2) is 8.97. The number of aliphatic hydroxyl groups is 1. The summed E-state index contributed by atoms with van der Waals surface area (Å²) in [6, 6.07) is 5.99. The van der Waals surface area contributed by atoms with Gasteiger partial charge in [0.05, 0.1) is 11.5 Å². The summed E-state index contributed by atoms with van der Waals surface area (Å²) >= 11 is 0. The van der Waals surface area contributed by atoms with Gasteiger partial charge in [0.1, 0.15) is 31.1 Å². The topological polar surface area (TPSA) is 154 Å². The average molecular weight is 429 g/mol. The summed E-state index contributed by atoms with van der Waals surface area (Å²) in [5, 5.41) is 19.9. The van der Waals surface area contributed by atoms with Crippen LogP contribution in [0.4, 0.5) is 5.95 Å². The Morgan fingerprint density at radius 3 is 2.34 bits per heavy atom. The van der Waals surface area contributed by atoms with Crippen molar-refractivity contribution < 1.29 is 32.5 Å². The zero-order valence-electron chi connectivity index (χ0n) is 16.1. The van der Waals surface area contributed by atoms with Crippen LogP contribution < -0.4 is 0 Å². The first kappa shape index (κ1) is 22.9. The number of benzene rings is 1. The zero-order valence-corrected chi connectivity index (χ0v) is 16.9. The SMILES string of the molecule is CC1(C)O[C@H](CO)[C@@H](Cn2ccnc2[N+](=O)[O-])O1.Cc1ccc(S(=O)(=O)O)cc1. The molecule has 2 aromatic rings.